The number of hydrogen-bond acceptors (Lipinski definition) is 3. The van der Waals surface area contributed by atoms with Crippen molar-refractivity contribution in [2.45, 2.75) is 25.1 Å². The van der Waals surface area contributed by atoms with Gasteiger partial charge in [-0.05, 0) is 29.7 Å². The van der Waals surface area contributed by atoms with Gasteiger partial charge in [-0.15, -0.1) is 0 Å². The summed E-state index contributed by atoms with van der Waals surface area (Å²) in [4.78, 5) is 0. The SMILES string of the molecule is OC(CNC1CCNCc2ccccc21)c1ccccc1. The first-order valence-electron chi connectivity index (χ1n) is 7.59. The average Bonchev–Trinajstić information content (AvgIpc) is 2.76. The Morgan fingerprint density at radius 3 is 2.71 bits per heavy atom. The molecule has 0 aromatic heterocycles. The number of hydrogen-bond donors (Lipinski definition) is 3. The summed E-state index contributed by atoms with van der Waals surface area (Å²) < 4.78 is 0. The van der Waals surface area contributed by atoms with Gasteiger partial charge in [0.05, 0.1) is 6.10 Å². The molecule has 1 aliphatic heterocycles. The zero-order chi connectivity index (χ0) is 14.5. The fourth-order valence-corrected chi connectivity index (χ4v) is 2.92. The maximum absolute atomic E-state index is 10.3. The van der Waals surface area contributed by atoms with Crippen LogP contribution in [0.25, 0.3) is 0 Å². The molecule has 2 unspecified atom stereocenters. The van der Waals surface area contributed by atoms with Crippen molar-refractivity contribution in [1.29, 1.82) is 0 Å². The van der Waals surface area contributed by atoms with Crippen molar-refractivity contribution in [3.8, 4) is 0 Å². The molecule has 3 rings (SSSR count). The van der Waals surface area contributed by atoms with E-state index in [2.05, 4.69) is 34.9 Å². The molecule has 21 heavy (non-hydrogen) atoms. The molecule has 2 aromatic carbocycles. The highest BCUT2D eigenvalue weighted by atomic mass is 16.3. The molecule has 1 aliphatic rings. The van der Waals surface area contributed by atoms with Gasteiger partial charge in [0.15, 0.2) is 0 Å². The Bertz CT molecular complexity index is 570. The highest BCUT2D eigenvalue weighted by molar-refractivity contribution is 5.31. The molecule has 3 N–H and O–H groups in total. The van der Waals surface area contributed by atoms with E-state index in [4.69, 9.17) is 0 Å². The van der Waals surface area contributed by atoms with Gasteiger partial charge in [0.1, 0.15) is 0 Å². The first kappa shape index (κ1) is 14.3. The molecule has 1 heterocycles. The fraction of sp³-hybridized carbons (Fsp3) is 0.333. The Balaban J connectivity index is 1.68. The van der Waals surface area contributed by atoms with Gasteiger partial charge in [-0.2, -0.15) is 0 Å². The van der Waals surface area contributed by atoms with Crippen LogP contribution in [0.15, 0.2) is 54.6 Å². The second-order valence-electron chi connectivity index (χ2n) is 5.55. The summed E-state index contributed by atoms with van der Waals surface area (Å²) in [6.07, 6.45) is 0.577. The van der Waals surface area contributed by atoms with Crippen molar-refractivity contribution in [2.24, 2.45) is 0 Å². The maximum atomic E-state index is 10.3. The number of rotatable bonds is 4. The number of aliphatic hydroxyl groups excluding tert-OH is 1. The van der Waals surface area contributed by atoms with Gasteiger partial charge in [0.2, 0.25) is 0 Å². The molecule has 2 atom stereocenters. The van der Waals surface area contributed by atoms with Crippen LogP contribution < -0.4 is 10.6 Å². The van der Waals surface area contributed by atoms with Crippen LogP contribution in [-0.4, -0.2) is 18.2 Å². The van der Waals surface area contributed by atoms with Crippen molar-refractivity contribution in [3.05, 3.63) is 71.3 Å². The van der Waals surface area contributed by atoms with E-state index in [0.717, 1.165) is 25.1 Å². The Kier molecular flexibility index (Phi) is 4.65. The Morgan fingerprint density at radius 1 is 1.10 bits per heavy atom. The van der Waals surface area contributed by atoms with Gasteiger partial charge in [0.25, 0.3) is 0 Å². The third-order valence-electron chi connectivity index (χ3n) is 4.10. The normalized spacial score (nSPS) is 19.6. The number of nitrogens with one attached hydrogen (secondary N) is 2. The molecule has 0 radical (unpaired) electrons. The summed E-state index contributed by atoms with van der Waals surface area (Å²) in [5.41, 5.74) is 3.66. The van der Waals surface area contributed by atoms with Gasteiger partial charge in [-0.25, -0.2) is 0 Å². The minimum absolute atomic E-state index is 0.301. The third-order valence-corrected chi connectivity index (χ3v) is 4.10. The van der Waals surface area contributed by atoms with E-state index in [1.165, 1.54) is 11.1 Å². The molecule has 0 bridgehead atoms. The molecule has 0 saturated carbocycles. The number of benzene rings is 2. The van der Waals surface area contributed by atoms with Crippen LogP contribution in [0, 0.1) is 0 Å². The molecule has 110 valence electrons. The molecule has 0 amide bonds. The lowest BCUT2D eigenvalue weighted by Gasteiger charge is -2.21. The fourth-order valence-electron chi connectivity index (χ4n) is 2.92. The maximum Gasteiger partial charge on any atom is 0.0914 e. The van der Waals surface area contributed by atoms with Crippen molar-refractivity contribution < 1.29 is 5.11 Å². The Hall–Kier alpha value is -1.68. The largest absolute Gasteiger partial charge is 0.387 e. The lowest BCUT2D eigenvalue weighted by molar-refractivity contribution is 0.169. The monoisotopic (exact) mass is 282 g/mol. The van der Waals surface area contributed by atoms with Gasteiger partial charge in [-0.1, -0.05) is 54.6 Å². The second kappa shape index (κ2) is 6.85. The quantitative estimate of drug-likeness (QED) is 0.807. The first-order valence-corrected chi connectivity index (χ1v) is 7.59. The van der Waals surface area contributed by atoms with E-state index in [0.29, 0.717) is 12.6 Å². The molecule has 3 heteroatoms. The van der Waals surface area contributed by atoms with Gasteiger partial charge in [0, 0.05) is 19.1 Å². The van der Waals surface area contributed by atoms with E-state index in [1.807, 2.05) is 30.3 Å². The van der Waals surface area contributed by atoms with Crippen LogP contribution in [0.3, 0.4) is 0 Å². The summed E-state index contributed by atoms with van der Waals surface area (Å²) in [5.74, 6) is 0. The molecule has 0 fully saturated rings. The van der Waals surface area contributed by atoms with Gasteiger partial charge < -0.3 is 15.7 Å². The summed E-state index contributed by atoms with van der Waals surface area (Å²) >= 11 is 0. The minimum atomic E-state index is -0.463. The van der Waals surface area contributed by atoms with E-state index in [-0.39, 0.29) is 0 Å². The summed E-state index contributed by atoms with van der Waals surface area (Å²) in [5, 5.41) is 17.3. The molecule has 3 nitrogen and oxygen atoms in total. The van der Waals surface area contributed by atoms with E-state index in [9.17, 15) is 5.11 Å². The molecule has 0 aliphatic carbocycles. The summed E-state index contributed by atoms with van der Waals surface area (Å²) in [7, 11) is 0. The molecule has 2 aromatic rings. The van der Waals surface area contributed by atoms with Crippen molar-refractivity contribution in [3.63, 3.8) is 0 Å². The minimum Gasteiger partial charge on any atom is -0.387 e. The van der Waals surface area contributed by atoms with Crippen molar-refractivity contribution in [1.82, 2.24) is 10.6 Å². The topological polar surface area (TPSA) is 44.3 Å². The van der Waals surface area contributed by atoms with E-state index in [1.54, 1.807) is 0 Å². The Labute approximate surface area is 126 Å². The molecular formula is C18H22N2O. The second-order valence-corrected chi connectivity index (χ2v) is 5.55. The number of aliphatic hydroxyl groups is 1. The predicted octanol–water partition coefficient (Wildman–Crippen LogP) is 2.54. The zero-order valence-electron chi connectivity index (χ0n) is 12.1. The van der Waals surface area contributed by atoms with Gasteiger partial charge in [-0.3, -0.25) is 0 Å². The molecular weight excluding hydrogens is 260 g/mol. The first-order chi connectivity index (χ1) is 10.3. The predicted molar refractivity (Wildman–Crippen MR) is 84.9 cm³/mol. The highest BCUT2D eigenvalue weighted by Crippen LogP contribution is 2.24. The van der Waals surface area contributed by atoms with Crippen LogP contribution in [0.1, 0.15) is 35.3 Å². The van der Waals surface area contributed by atoms with Crippen LogP contribution in [-0.2, 0) is 6.54 Å². The lowest BCUT2D eigenvalue weighted by Crippen LogP contribution is -2.27. The van der Waals surface area contributed by atoms with Gasteiger partial charge >= 0.3 is 0 Å². The summed E-state index contributed by atoms with van der Waals surface area (Å²) in [6, 6.07) is 18.7. The number of fused-ring (bicyclic) bond motifs is 1. The van der Waals surface area contributed by atoms with Crippen molar-refractivity contribution in [2.75, 3.05) is 13.1 Å². The zero-order valence-corrected chi connectivity index (χ0v) is 12.1. The highest BCUT2D eigenvalue weighted by Gasteiger charge is 2.18. The summed E-state index contributed by atoms with van der Waals surface area (Å²) in [6.45, 7) is 2.49. The molecule has 0 spiro atoms. The smallest absolute Gasteiger partial charge is 0.0914 e. The van der Waals surface area contributed by atoms with E-state index >= 15 is 0 Å². The average molecular weight is 282 g/mol. The van der Waals surface area contributed by atoms with Crippen LogP contribution >= 0.6 is 0 Å². The van der Waals surface area contributed by atoms with Crippen LogP contribution in [0.4, 0.5) is 0 Å². The van der Waals surface area contributed by atoms with Crippen LogP contribution in [0.2, 0.25) is 0 Å². The Morgan fingerprint density at radius 2 is 1.86 bits per heavy atom. The van der Waals surface area contributed by atoms with E-state index < -0.39 is 6.10 Å². The third kappa shape index (κ3) is 3.50. The standard InChI is InChI=1S/C18H22N2O/c21-18(14-6-2-1-3-7-14)13-20-17-10-11-19-12-15-8-4-5-9-16(15)17/h1-9,17-21H,10-13H2. The molecule has 0 saturated heterocycles. The van der Waals surface area contributed by atoms with Crippen molar-refractivity contribution >= 4 is 0 Å². The van der Waals surface area contributed by atoms with Crippen LogP contribution in [0.5, 0.6) is 0 Å². The lowest BCUT2D eigenvalue weighted by atomic mass is 9.99.